The van der Waals surface area contributed by atoms with E-state index in [1.54, 1.807) is 91.3 Å². The quantitative estimate of drug-likeness (QED) is 0.143. The minimum absolute atomic E-state index is 0.301. The van der Waals surface area contributed by atoms with Crippen molar-refractivity contribution in [2.24, 2.45) is 0 Å². The second kappa shape index (κ2) is 19.4. The lowest BCUT2D eigenvalue weighted by Gasteiger charge is -2.20. The van der Waals surface area contributed by atoms with Crippen molar-refractivity contribution in [2.45, 2.75) is 0 Å². The van der Waals surface area contributed by atoms with Crippen LogP contribution in [0.2, 0.25) is 0 Å². The van der Waals surface area contributed by atoms with Crippen LogP contribution < -0.4 is 0 Å². The lowest BCUT2D eigenvalue weighted by atomic mass is 9.96. The lowest BCUT2D eigenvalue weighted by Crippen LogP contribution is -2.05. The summed E-state index contributed by atoms with van der Waals surface area (Å²) in [5, 5.41) is 64.7. The molecular weight excluding hydrogens is 985 g/mol. The molecule has 0 saturated heterocycles. The summed E-state index contributed by atoms with van der Waals surface area (Å²) in [6, 6.07) is 64.7. The van der Waals surface area contributed by atoms with Crippen molar-refractivity contribution in [3.8, 4) is 103 Å². The van der Waals surface area contributed by atoms with Crippen LogP contribution in [-0.2, 0) is 0 Å². The summed E-state index contributed by atoms with van der Waals surface area (Å²) in [6.07, 6.45) is 3.54. The second-order valence-electron chi connectivity index (χ2n) is 18.7. The molecule has 12 nitrogen and oxygen atoms in total. The Labute approximate surface area is 457 Å². The molecule has 362 valence electrons. The van der Waals surface area contributed by atoms with Gasteiger partial charge in [0.1, 0.15) is 0 Å². The minimum Gasteiger partial charge on any atom is -0.307 e. The number of hydrogen-bond donors (Lipinski definition) is 0. The number of hydrogen-bond acceptors (Lipinski definition) is 7. The fraction of sp³-hybridized carbons (Fsp3) is 0. The smallest absolute Gasteiger partial charge is 0.196 e. The second-order valence-corrected chi connectivity index (χ2v) is 18.7. The van der Waals surface area contributed by atoms with Gasteiger partial charge in [-0.2, -0.15) is 31.6 Å². The number of benzene rings is 9. The molecule has 0 aliphatic rings. The maximum Gasteiger partial charge on any atom is 0.196 e. The number of nitrogens with zero attached hydrogens (tertiary/aromatic N) is 12. The Kier molecular flexibility index (Phi) is 11.7. The Balaban J connectivity index is 1.24. The maximum atomic E-state index is 10.5. The Bertz CT molecular complexity index is 4590. The van der Waals surface area contributed by atoms with Gasteiger partial charge in [-0.3, -0.25) is 4.98 Å². The van der Waals surface area contributed by atoms with Crippen molar-refractivity contribution >= 4 is 60.7 Å². The van der Waals surface area contributed by atoms with Crippen LogP contribution in [0.3, 0.4) is 0 Å². The summed E-state index contributed by atoms with van der Waals surface area (Å²) in [6.45, 7) is 23.5. The van der Waals surface area contributed by atoms with E-state index < -0.39 is 0 Å². The van der Waals surface area contributed by atoms with Gasteiger partial charge >= 0.3 is 0 Å². The SMILES string of the molecule is [C-]#[N+]c1ccc(-c2ccc3c4ccc(-c5ccc(C#N)cc5C#N)cc4n(-c4cncc(-n5c6cc(-c7ccc([N+]#[C-])cc7C#N)ccc6c6ccc(-c7ccc(C#N)cc7[N+]#[C-])cc65)c4-c4cccc(C#N)c4)c3c2)c(C#N)c1. The third-order valence-electron chi connectivity index (χ3n) is 14.5. The summed E-state index contributed by atoms with van der Waals surface area (Å²) in [5.74, 6) is 0. The summed E-state index contributed by atoms with van der Waals surface area (Å²) in [5.41, 5.74) is 13.7. The Morgan fingerprint density at radius 2 is 0.750 bits per heavy atom. The van der Waals surface area contributed by atoms with E-state index in [0.29, 0.717) is 117 Å². The molecule has 12 rings (SSSR count). The number of pyridine rings is 1. The molecule has 0 fully saturated rings. The molecule has 0 unspecified atom stereocenters. The molecule has 0 aliphatic carbocycles. The minimum atomic E-state index is 0.301. The first-order valence-corrected chi connectivity index (χ1v) is 24.6. The molecule has 3 aromatic heterocycles. The van der Waals surface area contributed by atoms with Crippen LogP contribution in [0.15, 0.2) is 182 Å². The van der Waals surface area contributed by atoms with Gasteiger partial charge in [0.05, 0.1) is 119 Å². The van der Waals surface area contributed by atoms with Crippen molar-refractivity contribution in [2.75, 3.05) is 0 Å². The fourth-order valence-electron chi connectivity index (χ4n) is 10.8. The molecule has 0 spiro atoms. The van der Waals surface area contributed by atoms with Gasteiger partial charge in [-0.1, -0.05) is 97.1 Å². The molecule has 80 heavy (non-hydrogen) atoms. The zero-order chi connectivity index (χ0) is 55.2. The van der Waals surface area contributed by atoms with Crippen LogP contribution >= 0.6 is 0 Å². The van der Waals surface area contributed by atoms with Gasteiger partial charge in [-0.05, 0) is 123 Å². The van der Waals surface area contributed by atoms with Gasteiger partial charge in [-0.25, -0.2) is 14.5 Å². The lowest BCUT2D eigenvalue weighted by molar-refractivity contribution is 1.09. The van der Waals surface area contributed by atoms with Gasteiger partial charge in [0.15, 0.2) is 17.1 Å². The molecule has 3 heterocycles. The largest absolute Gasteiger partial charge is 0.307 e. The summed E-state index contributed by atoms with van der Waals surface area (Å²) >= 11 is 0. The molecule has 0 atom stereocenters. The van der Waals surface area contributed by atoms with Crippen LogP contribution in [0.1, 0.15) is 33.4 Å². The highest BCUT2D eigenvalue weighted by molar-refractivity contribution is 6.14. The van der Waals surface area contributed by atoms with Crippen LogP contribution in [0.25, 0.3) is 125 Å². The maximum absolute atomic E-state index is 10.5. The van der Waals surface area contributed by atoms with E-state index in [1.807, 2.05) is 91.0 Å². The number of rotatable bonds is 7. The molecular formula is C68H30N12. The van der Waals surface area contributed by atoms with Crippen LogP contribution in [0.4, 0.5) is 17.1 Å². The summed E-state index contributed by atoms with van der Waals surface area (Å²) in [4.78, 5) is 16.0. The van der Waals surface area contributed by atoms with Crippen LogP contribution in [-0.4, -0.2) is 14.1 Å². The normalized spacial score (nSPS) is 10.6. The van der Waals surface area contributed by atoms with E-state index >= 15 is 0 Å². The van der Waals surface area contributed by atoms with Crippen LogP contribution in [0.5, 0.6) is 0 Å². The molecule has 0 bridgehead atoms. The number of fused-ring (bicyclic) bond motifs is 6. The molecule has 9 aromatic carbocycles. The number of nitriles is 6. The highest BCUT2D eigenvalue weighted by atomic mass is 15.0. The fourth-order valence-corrected chi connectivity index (χ4v) is 10.8. The van der Waals surface area contributed by atoms with Gasteiger partial charge in [-0.15, -0.1) is 0 Å². The average Bonchev–Trinajstić information content (AvgIpc) is 4.09. The van der Waals surface area contributed by atoms with E-state index in [4.69, 9.17) is 24.7 Å². The van der Waals surface area contributed by atoms with Crippen molar-refractivity contribution in [1.82, 2.24) is 14.1 Å². The Morgan fingerprint density at radius 1 is 0.350 bits per heavy atom. The molecule has 0 saturated carbocycles. The molecule has 0 aliphatic heterocycles. The van der Waals surface area contributed by atoms with Crippen LogP contribution in [0, 0.1) is 87.7 Å². The third-order valence-corrected chi connectivity index (χ3v) is 14.5. The molecule has 12 aromatic rings. The average molecular weight is 1020 g/mol. The molecule has 0 radical (unpaired) electrons. The van der Waals surface area contributed by atoms with E-state index in [-0.39, 0.29) is 0 Å². The third kappa shape index (κ3) is 7.82. The first-order chi connectivity index (χ1) is 39.2. The Hall–Kier alpha value is -12.9. The highest BCUT2D eigenvalue weighted by Gasteiger charge is 2.25. The van der Waals surface area contributed by atoms with Gasteiger partial charge in [0.2, 0.25) is 0 Å². The zero-order valence-electron chi connectivity index (χ0n) is 41.7. The van der Waals surface area contributed by atoms with Crippen molar-refractivity contribution in [1.29, 1.82) is 31.6 Å². The van der Waals surface area contributed by atoms with Gasteiger partial charge in [0, 0.05) is 43.8 Å². The van der Waals surface area contributed by atoms with Crippen molar-refractivity contribution < 1.29 is 0 Å². The van der Waals surface area contributed by atoms with E-state index in [2.05, 4.69) is 60.1 Å². The van der Waals surface area contributed by atoms with Crippen molar-refractivity contribution in [3.05, 3.63) is 250 Å². The first-order valence-electron chi connectivity index (χ1n) is 24.6. The molecule has 12 heteroatoms. The number of aromatic nitrogens is 3. The summed E-state index contributed by atoms with van der Waals surface area (Å²) < 4.78 is 4.20. The van der Waals surface area contributed by atoms with Crippen molar-refractivity contribution in [3.63, 3.8) is 0 Å². The topological polar surface area (TPSA) is 179 Å². The molecule has 0 N–H and O–H groups in total. The molecule has 0 amide bonds. The van der Waals surface area contributed by atoms with E-state index in [9.17, 15) is 31.6 Å². The zero-order valence-corrected chi connectivity index (χ0v) is 41.7. The summed E-state index contributed by atoms with van der Waals surface area (Å²) in [7, 11) is 0. The Morgan fingerprint density at radius 3 is 1.18 bits per heavy atom. The standard InChI is InChI=1S/C68H30N12/c1-75-51-13-21-54(49(26-51)36-73)44-10-18-58-57-17-9-43(53-15-7-41(33-70)24-48(53)35-72)28-62(57)79(63(58)29-44)66-38-78-39-67(68(66)47-6-4-5-40(23-47)32-69)80-64-30-45(55-22-14-52(76-2)27-50(55)37-74)11-19-59(64)60-20-12-46(31-65(60)80)56-16-8-42(34-71)25-61(56)77-3/h4-31,38-39H. The van der Waals surface area contributed by atoms with E-state index in [0.717, 1.165) is 43.6 Å². The van der Waals surface area contributed by atoms with Gasteiger partial charge < -0.3 is 9.13 Å². The van der Waals surface area contributed by atoms with E-state index in [1.165, 1.54) is 0 Å². The predicted molar refractivity (Wildman–Crippen MR) is 307 cm³/mol. The first kappa shape index (κ1) is 48.1. The van der Waals surface area contributed by atoms with Gasteiger partial charge in [0.25, 0.3) is 0 Å². The predicted octanol–water partition coefficient (Wildman–Crippen LogP) is 16.5. The monoisotopic (exact) mass is 1010 g/mol. The highest BCUT2D eigenvalue weighted by Crippen LogP contribution is 2.46.